The molecule has 4 rings (SSSR count). The Morgan fingerprint density at radius 2 is 1.86 bits per heavy atom. The number of hydrogen-bond donors (Lipinski definition) is 1. The highest BCUT2D eigenvalue weighted by Crippen LogP contribution is 2.24. The van der Waals surface area contributed by atoms with Crippen molar-refractivity contribution in [1.29, 1.82) is 0 Å². The van der Waals surface area contributed by atoms with Crippen molar-refractivity contribution in [3.63, 3.8) is 0 Å². The van der Waals surface area contributed by atoms with E-state index >= 15 is 0 Å². The molecule has 1 amide bonds. The molecular formula is C21H20N6O2. The van der Waals surface area contributed by atoms with Crippen LogP contribution in [0.25, 0.3) is 5.69 Å². The molecule has 0 unspecified atom stereocenters. The lowest BCUT2D eigenvalue weighted by Crippen LogP contribution is -2.13. The zero-order chi connectivity index (χ0) is 20.1. The number of pyridine rings is 1. The van der Waals surface area contributed by atoms with E-state index in [9.17, 15) is 4.79 Å². The Hall–Kier alpha value is -3.94. The van der Waals surface area contributed by atoms with Gasteiger partial charge in [0.1, 0.15) is 5.56 Å². The fraction of sp³-hybridized carbons (Fsp3) is 0.143. The van der Waals surface area contributed by atoms with Gasteiger partial charge in [0.15, 0.2) is 0 Å². The van der Waals surface area contributed by atoms with E-state index in [4.69, 9.17) is 4.74 Å². The third-order valence-corrected chi connectivity index (χ3v) is 4.24. The quantitative estimate of drug-likeness (QED) is 0.525. The number of nitrogens with zero attached hydrogens (tertiary/aromatic N) is 5. The standard InChI is InChI=1S/C21H20N6O2/c1-2-29-21-19(13-24-27(21)18-6-4-3-5-7-18)20(28)25-17-12-23-26(15-17)14-16-8-10-22-11-9-16/h3-13,15H,2,14H2,1H3,(H,25,28). The maximum Gasteiger partial charge on any atom is 0.262 e. The highest BCUT2D eigenvalue weighted by Gasteiger charge is 2.20. The SMILES string of the molecule is CCOc1c(C(=O)Nc2cnn(Cc3ccncc3)c2)cnn1-c1ccccc1. The number of carbonyl (C=O) groups excluding carboxylic acids is 1. The molecule has 8 nitrogen and oxygen atoms in total. The van der Waals surface area contributed by atoms with E-state index in [1.165, 1.54) is 6.20 Å². The van der Waals surface area contributed by atoms with E-state index in [0.29, 0.717) is 30.3 Å². The summed E-state index contributed by atoms with van der Waals surface area (Å²) in [7, 11) is 0. The first-order valence-corrected chi connectivity index (χ1v) is 9.23. The lowest BCUT2D eigenvalue weighted by Gasteiger charge is -2.09. The number of aromatic nitrogens is 5. The highest BCUT2D eigenvalue weighted by atomic mass is 16.5. The molecule has 0 fully saturated rings. The van der Waals surface area contributed by atoms with Gasteiger partial charge in [-0.15, -0.1) is 0 Å². The average Bonchev–Trinajstić information content (AvgIpc) is 3.37. The molecule has 146 valence electrons. The second kappa shape index (κ2) is 8.39. The topological polar surface area (TPSA) is 86.9 Å². The van der Waals surface area contributed by atoms with Gasteiger partial charge in [0, 0.05) is 18.6 Å². The van der Waals surface area contributed by atoms with Gasteiger partial charge in [-0.25, -0.2) is 4.68 Å². The average molecular weight is 388 g/mol. The molecule has 0 aliphatic heterocycles. The summed E-state index contributed by atoms with van der Waals surface area (Å²) >= 11 is 0. The van der Waals surface area contributed by atoms with Crippen molar-refractivity contribution in [2.24, 2.45) is 0 Å². The maximum absolute atomic E-state index is 12.8. The van der Waals surface area contributed by atoms with Crippen molar-refractivity contribution < 1.29 is 9.53 Å². The van der Waals surface area contributed by atoms with Crippen molar-refractivity contribution >= 4 is 11.6 Å². The van der Waals surface area contributed by atoms with Crippen molar-refractivity contribution in [1.82, 2.24) is 24.5 Å². The predicted molar refractivity (Wildman–Crippen MR) is 108 cm³/mol. The van der Waals surface area contributed by atoms with E-state index in [1.54, 1.807) is 34.2 Å². The van der Waals surface area contributed by atoms with Crippen LogP contribution in [0.2, 0.25) is 0 Å². The molecule has 1 aromatic carbocycles. The fourth-order valence-electron chi connectivity index (χ4n) is 2.91. The third kappa shape index (κ3) is 4.16. The second-order valence-electron chi connectivity index (χ2n) is 6.28. The Kier molecular flexibility index (Phi) is 5.33. The Morgan fingerprint density at radius 1 is 1.07 bits per heavy atom. The summed E-state index contributed by atoms with van der Waals surface area (Å²) in [5.41, 5.74) is 2.85. The molecule has 0 aliphatic rings. The molecule has 0 radical (unpaired) electrons. The number of amides is 1. The van der Waals surface area contributed by atoms with Crippen molar-refractivity contribution in [2.75, 3.05) is 11.9 Å². The third-order valence-electron chi connectivity index (χ3n) is 4.24. The highest BCUT2D eigenvalue weighted by molar-refractivity contribution is 6.05. The molecule has 0 aliphatic carbocycles. The van der Waals surface area contributed by atoms with Crippen LogP contribution in [0, 0.1) is 0 Å². The Bertz CT molecular complexity index is 1090. The summed E-state index contributed by atoms with van der Waals surface area (Å²) in [6.07, 6.45) is 8.37. The first-order chi connectivity index (χ1) is 14.2. The number of ether oxygens (including phenoxy) is 1. The van der Waals surface area contributed by atoms with Crippen LogP contribution in [-0.2, 0) is 6.54 Å². The van der Waals surface area contributed by atoms with E-state index < -0.39 is 0 Å². The molecule has 0 atom stereocenters. The first kappa shape index (κ1) is 18.4. The molecule has 3 aromatic heterocycles. The van der Waals surface area contributed by atoms with Gasteiger partial charge in [0.05, 0.1) is 36.9 Å². The number of anilines is 1. The van der Waals surface area contributed by atoms with Crippen LogP contribution in [0.1, 0.15) is 22.8 Å². The summed E-state index contributed by atoms with van der Waals surface area (Å²) in [4.78, 5) is 16.8. The number of nitrogens with one attached hydrogen (secondary N) is 1. The number of benzene rings is 1. The van der Waals surface area contributed by atoms with Crippen LogP contribution < -0.4 is 10.1 Å². The van der Waals surface area contributed by atoms with Crippen molar-refractivity contribution in [2.45, 2.75) is 13.5 Å². The van der Waals surface area contributed by atoms with Crippen LogP contribution in [0.4, 0.5) is 5.69 Å². The smallest absolute Gasteiger partial charge is 0.262 e. The van der Waals surface area contributed by atoms with Crippen molar-refractivity contribution in [3.05, 3.63) is 84.6 Å². The minimum Gasteiger partial charge on any atom is -0.477 e. The minimum absolute atomic E-state index is 0.306. The van der Waals surface area contributed by atoms with Crippen LogP contribution in [-0.4, -0.2) is 37.1 Å². The Balaban J connectivity index is 1.52. The largest absolute Gasteiger partial charge is 0.477 e. The zero-order valence-corrected chi connectivity index (χ0v) is 15.9. The van der Waals surface area contributed by atoms with Crippen LogP contribution in [0.15, 0.2) is 73.4 Å². The Labute approximate surface area is 167 Å². The maximum atomic E-state index is 12.8. The summed E-state index contributed by atoms with van der Waals surface area (Å²) in [5.74, 6) is 0.0967. The van der Waals surface area contributed by atoms with Crippen LogP contribution in [0.3, 0.4) is 0 Å². The summed E-state index contributed by atoms with van der Waals surface area (Å²) in [6, 6.07) is 13.4. The predicted octanol–water partition coefficient (Wildman–Crippen LogP) is 3.16. The van der Waals surface area contributed by atoms with Gasteiger partial charge < -0.3 is 10.1 Å². The molecule has 0 spiro atoms. The van der Waals surface area contributed by atoms with Gasteiger partial charge in [0.2, 0.25) is 5.88 Å². The molecule has 0 bridgehead atoms. The molecule has 4 aromatic rings. The summed E-state index contributed by atoms with van der Waals surface area (Å²) in [6.45, 7) is 2.88. The number of hydrogen-bond acceptors (Lipinski definition) is 5. The molecule has 3 heterocycles. The fourth-order valence-corrected chi connectivity index (χ4v) is 2.91. The van der Waals surface area contributed by atoms with E-state index in [-0.39, 0.29) is 5.91 Å². The molecule has 0 saturated heterocycles. The van der Waals surface area contributed by atoms with Crippen LogP contribution in [0.5, 0.6) is 5.88 Å². The monoisotopic (exact) mass is 388 g/mol. The minimum atomic E-state index is -0.306. The molecular weight excluding hydrogens is 368 g/mol. The summed E-state index contributed by atoms with van der Waals surface area (Å²) in [5, 5.41) is 11.5. The van der Waals surface area contributed by atoms with Gasteiger partial charge in [0.25, 0.3) is 5.91 Å². The van der Waals surface area contributed by atoms with Gasteiger partial charge in [-0.2, -0.15) is 10.2 Å². The number of para-hydroxylation sites is 1. The van der Waals surface area contributed by atoms with Crippen LogP contribution >= 0.6 is 0 Å². The lowest BCUT2D eigenvalue weighted by molar-refractivity contribution is 0.102. The van der Waals surface area contributed by atoms with Crippen molar-refractivity contribution in [3.8, 4) is 11.6 Å². The molecule has 0 saturated carbocycles. The normalized spacial score (nSPS) is 10.7. The van der Waals surface area contributed by atoms with E-state index in [0.717, 1.165) is 11.3 Å². The van der Waals surface area contributed by atoms with Gasteiger partial charge in [-0.3, -0.25) is 14.5 Å². The number of rotatable bonds is 7. The Morgan fingerprint density at radius 3 is 2.62 bits per heavy atom. The lowest BCUT2D eigenvalue weighted by atomic mass is 10.3. The first-order valence-electron chi connectivity index (χ1n) is 9.23. The number of carbonyl (C=O) groups is 1. The van der Waals surface area contributed by atoms with E-state index in [2.05, 4.69) is 20.5 Å². The van der Waals surface area contributed by atoms with Gasteiger partial charge in [-0.1, -0.05) is 18.2 Å². The van der Waals surface area contributed by atoms with Gasteiger partial charge in [-0.05, 0) is 36.8 Å². The van der Waals surface area contributed by atoms with Gasteiger partial charge >= 0.3 is 0 Å². The molecule has 29 heavy (non-hydrogen) atoms. The molecule has 8 heteroatoms. The second-order valence-corrected chi connectivity index (χ2v) is 6.28. The zero-order valence-electron chi connectivity index (χ0n) is 15.9. The summed E-state index contributed by atoms with van der Waals surface area (Å²) < 4.78 is 9.09. The molecule has 1 N–H and O–H groups in total. The van der Waals surface area contributed by atoms with E-state index in [1.807, 2.05) is 49.4 Å².